The summed E-state index contributed by atoms with van der Waals surface area (Å²) in [4.78, 5) is 0. The average Bonchev–Trinajstić information content (AvgIpc) is 2.15. The third-order valence-corrected chi connectivity index (χ3v) is 2.08. The summed E-state index contributed by atoms with van der Waals surface area (Å²) in [5, 5.41) is 0.490. The van der Waals surface area contributed by atoms with Gasteiger partial charge < -0.3 is 10.5 Å². The van der Waals surface area contributed by atoms with E-state index in [1.165, 1.54) is 0 Å². The molecule has 0 amide bonds. The first-order valence-corrected chi connectivity index (χ1v) is 4.92. The van der Waals surface area contributed by atoms with E-state index < -0.39 is 18.8 Å². The van der Waals surface area contributed by atoms with Crippen LogP contribution in [0.5, 0.6) is 0 Å². The van der Waals surface area contributed by atoms with Gasteiger partial charge in [-0.3, -0.25) is 0 Å². The van der Waals surface area contributed by atoms with Gasteiger partial charge in [-0.05, 0) is 17.7 Å². The maximum atomic E-state index is 11.8. The van der Waals surface area contributed by atoms with Crippen molar-refractivity contribution in [2.75, 3.05) is 13.2 Å². The minimum atomic E-state index is -4.33. The van der Waals surface area contributed by atoms with Crippen molar-refractivity contribution in [1.29, 1.82) is 0 Å². The monoisotopic (exact) mass is 253 g/mol. The second-order valence-corrected chi connectivity index (χ2v) is 3.73. The number of hydrogen-bond donors (Lipinski definition) is 1. The van der Waals surface area contributed by atoms with Gasteiger partial charge in [-0.1, -0.05) is 23.7 Å². The van der Waals surface area contributed by atoms with E-state index in [-0.39, 0.29) is 6.61 Å². The Labute approximate surface area is 96.1 Å². The summed E-state index contributed by atoms with van der Waals surface area (Å²) < 4.78 is 39.8. The van der Waals surface area contributed by atoms with Crippen LogP contribution in [-0.2, 0) is 4.74 Å². The Balaban J connectivity index is 2.44. The number of alkyl halides is 3. The predicted molar refractivity (Wildman–Crippen MR) is 55.3 cm³/mol. The Morgan fingerprint density at radius 1 is 1.38 bits per heavy atom. The lowest BCUT2D eigenvalue weighted by Crippen LogP contribution is -2.23. The predicted octanol–water partition coefficient (Wildman–Crippen LogP) is 2.92. The first-order chi connectivity index (χ1) is 7.38. The van der Waals surface area contributed by atoms with E-state index in [2.05, 4.69) is 4.74 Å². The van der Waals surface area contributed by atoms with E-state index in [0.717, 1.165) is 0 Å². The van der Waals surface area contributed by atoms with Crippen molar-refractivity contribution in [2.24, 2.45) is 5.73 Å². The molecule has 0 fully saturated rings. The van der Waals surface area contributed by atoms with Crippen molar-refractivity contribution in [3.8, 4) is 0 Å². The van der Waals surface area contributed by atoms with Crippen LogP contribution in [0.4, 0.5) is 13.2 Å². The topological polar surface area (TPSA) is 35.2 Å². The normalized spacial score (nSPS) is 13.8. The van der Waals surface area contributed by atoms with Crippen molar-refractivity contribution in [3.05, 3.63) is 34.9 Å². The lowest BCUT2D eigenvalue weighted by molar-refractivity contribution is -0.174. The molecule has 0 aromatic heterocycles. The molecule has 16 heavy (non-hydrogen) atoms. The molecule has 1 rings (SSSR count). The molecule has 2 nitrogen and oxygen atoms in total. The molecule has 0 aliphatic carbocycles. The summed E-state index contributed by atoms with van der Waals surface area (Å²) in [7, 11) is 0. The Morgan fingerprint density at radius 3 is 2.62 bits per heavy atom. The van der Waals surface area contributed by atoms with Crippen LogP contribution in [0.1, 0.15) is 11.6 Å². The molecular weight excluding hydrogens is 243 g/mol. The van der Waals surface area contributed by atoms with Crippen LogP contribution in [0, 0.1) is 0 Å². The number of halogens is 4. The zero-order valence-electron chi connectivity index (χ0n) is 8.30. The van der Waals surface area contributed by atoms with Gasteiger partial charge in [0.05, 0.1) is 12.6 Å². The van der Waals surface area contributed by atoms with Crippen molar-refractivity contribution in [1.82, 2.24) is 0 Å². The van der Waals surface area contributed by atoms with Gasteiger partial charge in [0, 0.05) is 5.02 Å². The van der Waals surface area contributed by atoms with Crippen LogP contribution < -0.4 is 5.73 Å². The Kier molecular flexibility index (Phi) is 4.58. The fourth-order valence-electron chi connectivity index (χ4n) is 1.14. The fourth-order valence-corrected chi connectivity index (χ4v) is 1.33. The van der Waals surface area contributed by atoms with Crippen LogP contribution in [-0.4, -0.2) is 19.4 Å². The van der Waals surface area contributed by atoms with Crippen LogP contribution in [0.3, 0.4) is 0 Å². The molecule has 2 N–H and O–H groups in total. The summed E-state index contributed by atoms with van der Waals surface area (Å²) in [5.41, 5.74) is 6.29. The molecule has 1 atom stereocenters. The number of ether oxygens (including phenoxy) is 1. The minimum absolute atomic E-state index is 0.195. The van der Waals surface area contributed by atoms with E-state index in [1.807, 2.05) is 0 Å². The van der Waals surface area contributed by atoms with Crippen LogP contribution >= 0.6 is 11.6 Å². The Hall–Kier alpha value is -0.780. The maximum absolute atomic E-state index is 11.8. The molecule has 1 aromatic carbocycles. The first-order valence-electron chi connectivity index (χ1n) is 4.54. The van der Waals surface area contributed by atoms with Gasteiger partial charge in [0.2, 0.25) is 0 Å². The number of nitrogens with two attached hydrogens (primary N) is 1. The molecule has 0 saturated heterocycles. The van der Waals surface area contributed by atoms with E-state index in [4.69, 9.17) is 17.3 Å². The second-order valence-electron chi connectivity index (χ2n) is 3.29. The third kappa shape index (κ3) is 4.83. The fraction of sp³-hybridized carbons (Fsp3) is 0.400. The van der Waals surface area contributed by atoms with E-state index in [9.17, 15) is 13.2 Å². The molecule has 0 radical (unpaired) electrons. The molecule has 90 valence electrons. The first kappa shape index (κ1) is 13.3. The molecule has 0 aliphatic heterocycles. The highest BCUT2D eigenvalue weighted by atomic mass is 35.5. The van der Waals surface area contributed by atoms with Gasteiger partial charge in [0.15, 0.2) is 0 Å². The minimum Gasteiger partial charge on any atom is -0.370 e. The average molecular weight is 254 g/mol. The highest BCUT2D eigenvalue weighted by Gasteiger charge is 2.27. The van der Waals surface area contributed by atoms with Gasteiger partial charge in [-0.2, -0.15) is 13.2 Å². The quantitative estimate of drug-likeness (QED) is 0.895. The number of hydrogen-bond acceptors (Lipinski definition) is 2. The van der Waals surface area contributed by atoms with Gasteiger partial charge in [-0.25, -0.2) is 0 Å². The highest BCUT2D eigenvalue weighted by Crippen LogP contribution is 2.18. The smallest absolute Gasteiger partial charge is 0.370 e. The summed E-state index contributed by atoms with van der Waals surface area (Å²) in [6.45, 7) is -1.49. The molecule has 0 aliphatic rings. The van der Waals surface area contributed by atoms with Crippen molar-refractivity contribution in [2.45, 2.75) is 12.2 Å². The van der Waals surface area contributed by atoms with E-state index in [0.29, 0.717) is 10.6 Å². The Morgan fingerprint density at radius 2 is 2.06 bits per heavy atom. The summed E-state index contributed by atoms with van der Waals surface area (Å²) in [6, 6.07) is 6.02. The lowest BCUT2D eigenvalue weighted by Gasteiger charge is -2.13. The molecule has 0 spiro atoms. The highest BCUT2D eigenvalue weighted by molar-refractivity contribution is 6.30. The zero-order valence-corrected chi connectivity index (χ0v) is 9.05. The SMILES string of the molecule is NC(COCC(F)(F)F)c1cccc(Cl)c1. The molecule has 0 saturated carbocycles. The molecule has 6 heteroatoms. The van der Waals surface area contributed by atoms with Crippen molar-refractivity contribution < 1.29 is 17.9 Å². The largest absolute Gasteiger partial charge is 0.411 e. The number of rotatable bonds is 4. The van der Waals surface area contributed by atoms with E-state index in [1.54, 1.807) is 24.3 Å². The molecule has 0 heterocycles. The van der Waals surface area contributed by atoms with Gasteiger partial charge >= 0.3 is 6.18 Å². The molecular formula is C10H11ClF3NO. The molecule has 1 aromatic rings. The van der Waals surface area contributed by atoms with E-state index >= 15 is 0 Å². The van der Waals surface area contributed by atoms with Crippen molar-refractivity contribution >= 4 is 11.6 Å². The van der Waals surface area contributed by atoms with Gasteiger partial charge in [-0.15, -0.1) is 0 Å². The van der Waals surface area contributed by atoms with Crippen molar-refractivity contribution in [3.63, 3.8) is 0 Å². The standard InChI is InChI=1S/C10H11ClF3NO/c11-8-3-1-2-7(4-8)9(15)5-16-6-10(12,13)14/h1-4,9H,5-6,15H2. The van der Waals surface area contributed by atoms with Crippen LogP contribution in [0.15, 0.2) is 24.3 Å². The second kappa shape index (κ2) is 5.52. The Bertz CT molecular complexity index is 343. The number of benzene rings is 1. The van der Waals surface area contributed by atoms with Crippen LogP contribution in [0.2, 0.25) is 5.02 Å². The summed E-state index contributed by atoms with van der Waals surface area (Å²) in [5.74, 6) is 0. The summed E-state index contributed by atoms with van der Waals surface area (Å²) >= 11 is 5.72. The molecule has 1 unspecified atom stereocenters. The zero-order chi connectivity index (χ0) is 12.2. The third-order valence-electron chi connectivity index (χ3n) is 1.84. The maximum Gasteiger partial charge on any atom is 0.411 e. The molecule has 0 bridgehead atoms. The van der Waals surface area contributed by atoms with Crippen LogP contribution in [0.25, 0.3) is 0 Å². The lowest BCUT2D eigenvalue weighted by atomic mass is 10.1. The van der Waals surface area contributed by atoms with Gasteiger partial charge in [0.25, 0.3) is 0 Å². The summed E-state index contributed by atoms with van der Waals surface area (Å²) in [6.07, 6.45) is -4.33. The van der Waals surface area contributed by atoms with Gasteiger partial charge in [0.1, 0.15) is 6.61 Å².